The van der Waals surface area contributed by atoms with E-state index in [0.29, 0.717) is 11.5 Å². The quantitative estimate of drug-likeness (QED) is 0.565. The van der Waals surface area contributed by atoms with Gasteiger partial charge >= 0.3 is 0 Å². The number of nitrogens with two attached hydrogens (primary N) is 1. The lowest BCUT2D eigenvalue weighted by molar-refractivity contribution is 0.103. The standard InChI is InChI=1S/C15H30N2O/c16-12-15(8-3-1-2-4-9-15)13-17-10-7-14-6-5-11-18-14/h14,17H,1-13,16H2. The van der Waals surface area contributed by atoms with Crippen molar-refractivity contribution in [3.63, 3.8) is 0 Å². The number of rotatable bonds is 6. The molecule has 3 heteroatoms. The number of hydrogen-bond donors (Lipinski definition) is 2. The molecule has 1 aliphatic heterocycles. The molecule has 18 heavy (non-hydrogen) atoms. The Morgan fingerprint density at radius 1 is 1.11 bits per heavy atom. The first-order valence-electron chi connectivity index (χ1n) is 7.87. The molecular weight excluding hydrogens is 224 g/mol. The van der Waals surface area contributed by atoms with E-state index in [1.54, 1.807) is 0 Å². The van der Waals surface area contributed by atoms with Crippen LogP contribution in [0.3, 0.4) is 0 Å². The van der Waals surface area contributed by atoms with Crippen LogP contribution in [0.5, 0.6) is 0 Å². The van der Waals surface area contributed by atoms with Crippen molar-refractivity contribution >= 4 is 0 Å². The predicted octanol–water partition coefficient (Wildman–Crippen LogP) is 2.44. The maximum atomic E-state index is 6.05. The largest absolute Gasteiger partial charge is 0.378 e. The summed E-state index contributed by atoms with van der Waals surface area (Å²) in [5, 5.41) is 3.64. The molecule has 2 fully saturated rings. The van der Waals surface area contributed by atoms with Crippen molar-refractivity contribution in [3.8, 4) is 0 Å². The second-order valence-corrected chi connectivity index (χ2v) is 6.22. The lowest BCUT2D eigenvalue weighted by Gasteiger charge is -2.32. The van der Waals surface area contributed by atoms with Crippen LogP contribution in [-0.4, -0.2) is 32.3 Å². The van der Waals surface area contributed by atoms with Gasteiger partial charge < -0.3 is 15.8 Å². The van der Waals surface area contributed by atoms with Crippen LogP contribution in [0.15, 0.2) is 0 Å². The van der Waals surface area contributed by atoms with Gasteiger partial charge in [0.15, 0.2) is 0 Å². The fourth-order valence-electron chi connectivity index (χ4n) is 3.42. The summed E-state index contributed by atoms with van der Waals surface area (Å²) in [5.74, 6) is 0. The highest BCUT2D eigenvalue weighted by atomic mass is 16.5. The van der Waals surface area contributed by atoms with Crippen LogP contribution < -0.4 is 11.1 Å². The van der Waals surface area contributed by atoms with Crippen molar-refractivity contribution in [1.29, 1.82) is 0 Å². The molecule has 0 aromatic heterocycles. The van der Waals surface area contributed by atoms with E-state index < -0.39 is 0 Å². The van der Waals surface area contributed by atoms with Gasteiger partial charge in [-0.1, -0.05) is 25.7 Å². The Kier molecular flexibility index (Phi) is 5.93. The minimum Gasteiger partial charge on any atom is -0.378 e. The average molecular weight is 254 g/mol. The van der Waals surface area contributed by atoms with Gasteiger partial charge in [-0.05, 0) is 50.6 Å². The Morgan fingerprint density at radius 2 is 1.89 bits per heavy atom. The van der Waals surface area contributed by atoms with Gasteiger partial charge in [0.2, 0.25) is 0 Å². The zero-order valence-electron chi connectivity index (χ0n) is 11.8. The summed E-state index contributed by atoms with van der Waals surface area (Å²) in [6.07, 6.45) is 12.3. The number of ether oxygens (including phenoxy) is 1. The Balaban J connectivity index is 1.65. The molecule has 3 nitrogen and oxygen atoms in total. The van der Waals surface area contributed by atoms with Crippen LogP contribution in [0.1, 0.15) is 57.8 Å². The smallest absolute Gasteiger partial charge is 0.0588 e. The van der Waals surface area contributed by atoms with Gasteiger partial charge in [-0.2, -0.15) is 0 Å². The molecule has 0 aromatic carbocycles. The molecule has 3 N–H and O–H groups in total. The highest BCUT2D eigenvalue weighted by Gasteiger charge is 2.29. The van der Waals surface area contributed by atoms with E-state index in [0.717, 1.165) is 26.2 Å². The minimum absolute atomic E-state index is 0.382. The van der Waals surface area contributed by atoms with Crippen molar-refractivity contribution in [2.45, 2.75) is 63.9 Å². The Bertz CT molecular complexity index is 219. The highest BCUT2D eigenvalue weighted by molar-refractivity contribution is 4.84. The second kappa shape index (κ2) is 7.46. The third-order valence-corrected chi connectivity index (χ3v) is 4.76. The molecule has 2 rings (SSSR count). The van der Waals surface area contributed by atoms with Crippen LogP contribution in [-0.2, 0) is 4.74 Å². The van der Waals surface area contributed by atoms with Crippen molar-refractivity contribution in [2.75, 3.05) is 26.2 Å². The van der Waals surface area contributed by atoms with Crippen LogP contribution in [0.4, 0.5) is 0 Å². The molecule has 1 atom stereocenters. The molecule has 0 radical (unpaired) electrons. The summed E-state index contributed by atoms with van der Waals surface area (Å²) in [4.78, 5) is 0. The molecule has 1 saturated carbocycles. The number of hydrogen-bond acceptors (Lipinski definition) is 3. The molecule has 1 heterocycles. The summed E-state index contributed by atoms with van der Waals surface area (Å²) in [5.41, 5.74) is 6.43. The van der Waals surface area contributed by atoms with E-state index in [2.05, 4.69) is 5.32 Å². The van der Waals surface area contributed by atoms with Crippen LogP contribution in [0, 0.1) is 5.41 Å². The van der Waals surface area contributed by atoms with E-state index in [1.807, 2.05) is 0 Å². The Labute approximate surface area is 112 Å². The van der Waals surface area contributed by atoms with Crippen LogP contribution >= 0.6 is 0 Å². The van der Waals surface area contributed by atoms with Gasteiger partial charge in [-0.25, -0.2) is 0 Å². The first-order chi connectivity index (χ1) is 8.85. The Hall–Kier alpha value is -0.120. The Morgan fingerprint density at radius 3 is 2.50 bits per heavy atom. The molecule has 0 bridgehead atoms. The maximum absolute atomic E-state index is 6.05. The van der Waals surface area contributed by atoms with Gasteiger partial charge in [0.05, 0.1) is 6.10 Å². The van der Waals surface area contributed by atoms with Gasteiger partial charge in [0, 0.05) is 13.2 Å². The molecule has 2 aliphatic rings. The lowest BCUT2D eigenvalue weighted by Crippen LogP contribution is -2.40. The summed E-state index contributed by atoms with van der Waals surface area (Å²) >= 11 is 0. The van der Waals surface area contributed by atoms with Crippen LogP contribution in [0.2, 0.25) is 0 Å². The zero-order valence-corrected chi connectivity index (χ0v) is 11.8. The first-order valence-corrected chi connectivity index (χ1v) is 7.87. The fraction of sp³-hybridized carbons (Fsp3) is 1.00. The highest BCUT2D eigenvalue weighted by Crippen LogP contribution is 2.33. The monoisotopic (exact) mass is 254 g/mol. The average Bonchev–Trinajstić information content (AvgIpc) is 2.80. The molecule has 1 saturated heterocycles. The van der Waals surface area contributed by atoms with E-state index in [-0.39, 0.29) is 0 Å². The molecule has 106 valence electrons. The number of nitrogens with one attached hydrogen (secondary N) is 1. The van der Waals surface area contributed by atoms with E-state index in [9.17, 15) is 0 Å². The van der Waals surface area contributed by atoms with Crippen molar-refractivity contribution in [2.24, 2.45) is 11.1 Å². The van der Waals surface area contributed by atoms with Crippen molar-refractivity contribution in [3.05, 3.63) is 0 Å². The van der Waals surface area contributed by atoms with Gasteiger partial charge in [-0.3, -0.25) is 0 Å². The molecule has 0 aromatic rings. The third-order valence-electron chi connectivity index (χ3n) is 4.76. The summed E-state index contributed by atoms with van der Waals surface area (Å²) in [6, 6.07) is 0. The SMILES string of the molecule is NCC1(CNCCC2CCCO2)CCCCCC1. The second-order valence-electron chi connectivity index (χ2n) is 6.22. The van der Waals surface area contributed by atoms with Gasteiger partial charge in [-0.15, -0.1) is 0 Å². The molecular formula is C15H30N2O. The minimum atomic E-state index is 0.382. The van der Waals surface area contributed by atoms with E-state index >= 15 is 0 Å². The molecule has 1 aliphatic carbocycles. The van der Waals surface area contributed by atoms with Gasteiger partial charge in [0.25, 0.3) is 0 Å². The van der Waals surface area contributed by atoms with Crippen LogP contribution in [0.25, 0.3) is 0 Å². The predicted molar refractivity (Wildman–Crippen MR) is 75.7 cm³/mol. The van der Waals surface area contributed by atoms with Crippen molar-refractivity contribution < 1.29 is 4.74 Å². The molecule has 1 unspecified atom stereocenters. The fourth-order valence-corrected chi connectivity index (χ4v) is 3.42. The summed E-state index contributed by atoms with van der Waals surface area (Å²) in [7, 11) is 0. The van der Waals surface area contributed by atoms with Crippen molar-refractivity contribution in [1.82, 2.24) is 5.32 Å². The molecule has 0 spiro atoms. The normalized spacial score (nSPS) is 28.2. The zero-order chi connectivity index (χ0) is 12.7. The third kappa shape index (κ3) is 4.22. The van der Waals surface area contributed by atoms with E-state index in [4.69, 9.17) is 10.5 Å². The maximum Gasteiger partial charge on any atom is 0.0588 e. The summed E-state index contributed by atoms with van der Waals surface area (Å²) in [6.45, 7) is 4.01. The topological polar surface area (TPSA) is 47.3 Å². The van der Waals surface area contributed by atoms with E-state index in [1.165, 1.54) is 57.8 Å². The lowest BCUT2D eigenvalue weighted by atomic mass is 9.80. The van der Waals surface area contributed by atoms with Gasteiger partial charge in [0.1, 0.15) is 0 Å². The molecule has 0 amide bonds. The first kappa shape index (κ1) is 14.3. The summed E-state index contributed by atoms with van der Waals surface area (Å²) < 4.78 is 5.65.